The molecule has 0 atom stereocenters. The van der Waals surface area contributed by atoms with Gasteiger partial charge >= 0.3 is 0 Å². The Morgan fingerprint density at radius 3 is 2.41 bits per heavy atom. The zero-order chi connectivity index (χ0) is 16.8. The minimum absolute atomic E-state index is 0.119. The van der Waals surface area contributed by atoms with Crippen molar-refractivity contribution >= 4 is 15.9 Å². The third-order valence-electron chi connectivity index (χ3n) is 3.09. The second kappa shape index (κ2) is 8.29. The maximum Gasteiger partial charge on any atom is 0.251 e. The molecule has 0 spiro atoms. The fraction of sp³-hybridized carbons (Fsp3) is 0.562. The summed E-state index contributed by atoms with van der Waals surface area (Å²) in [5, 5.41) is 2.78. The molecule has 0 aliphatic rings. The first kappa shape index (κ1) is 18.6. The lowest BCUT2D eigenvalue weighted by atomic mass is 10.1. The van der Waals surface area contributed by atoms with E-state index in [1.54, 1.807) is 12.1 Å². The van der Waals surface area contributed by atoms with Gasteiger partial charge in [0.2, 0.25) is 10.0 Å². The molecule has 1 amide bonds. The summed E-state index contributed by atoms with van der Waals surface area (Å²) in [6.45, 7) is 9.02. The highest BCUT2D eigenvalue weighted by Crippen LogP contribution is 2.12. The maximum absolute atomic E-state index is 12.2. The maximum atomic E-state index is 12.2. The van der Waals surface area contributed by atoms with Crippen LogP contribution in [-0.4, -0.2) is 27.4 Å². The first-order valence-electron chi connectivity index (χ1n) is 7.60. The monoisotopic (exact) mass is 326 g/mol. The van der Waals surface area contributed by atoms with E-state index < -0.39 is 10.0 Å². The Morgan fingerprint density at radius 1 is 1.14 bits per heavy atom. The summed E-state index contributed by atoms with van der Waals surface area (Å²) in [6.07, 6.45) is 0.772. The van der Waals surface area contributed by atoms with E-state index in [1.807, 2.05) is 27.7 Å². The molecular weight excluding hydrogens is 300 g/mol. The van der Waals surface area contributed by atoms with Crippen LogP contribution in [0, 0.1) is 11.8 Å². The number of carbonyl (C=O) groups is 1. The van der Waals surface area contributed by atoms with Crippen LogP contribution >= 0.6 is 0 Å². The molecule has 0 aliphatic carbocycles. The molecule has 5 nitrogen and oxygen atoms in total. The van der Waals surface area contributed by atoms with Crippen LogP contribution in [0.1, 0.15) is 44.5 Å². The Hall–Kier alpha value is -1.40. The molecule has 0 aliphatic heterocycles. The van der Waals surface area contributed by atoms with Crippen LogP contribution in [-0.2, 0) is 10.0 Å². The van der Waals surface area contributed by atoms with Crippen molar-refractivity contribution in [3.8, 4) is 0 Å². The van der Waals surface area contributed by atoms with Gasteiger partial charge in [-0.15, -0.1) is 0 Å². The molecule has 0 saturated carbocycles. The van der Waals surface area contributed by atoms with Crippen molar-refractivity contribution < 1.29 is 13.2 Å². The van der Waals surface area contributed by atoms with Crippen LogP contribution in [0.2, 0.25) is 0 Å². The molecule has 0 radical (unpaired) electrons. The molecule has 0 bridgehead atoms. The van der Waals surface area contributed by atoms with Crippen LogP contribution in [0.3, 0.4) is 0 Å². The Balaban J connectivity index is 2.80. The minimum Gasteiger partial charge on any atom is -0.352 e. The van der Waals surface area contributed by atoms with E-state index in [0.717, 1.165) is 6.42 Å². The van der Waals surface area contributed by atoms with Gasteiger partial charge < -0.3 is 5.32 Å². The number of amides is 1. The first-order chi connectivity index (χ1) is 10.2. The Kier molecular flexibility index (Phi) is 7.03. The third-order valence-corrected chi connectivity index (χ3v) is 4.55. The van der Waals surface area contributed by atoms with Gasteiger partial charge in [-0.2, -0.15) is 0 Å². The number of hydrogen-bond acceptors (Lipinski definition) is 3. The zero-order valence-electron chi connectivity index (χ0n) is 13.7. The van der Waals surface area contributed by atoms with E-state index in [4.69, 9.17) is 0 Å². The van der Waals surface area contributed by atoms with Gasteiger partial charge in [0.1, 0.15) is 0 Å². The number of hydrogen-bond donors (Lipinski definition) is 2. The fourth-order valence-corrected chi connectivity index (χ4v) is 2.86. The largest absolute Gasteiger partial charge is 0.352 e. The summed E-state index contributed by atoms with van der Waals surface area (Å²) in [5.41, 5.74) is 0.354. The standard InChI is InChI=1S/C16H26N2O3S/c1-12(2)8-9-18-22(20,21)15-7-5-6-14(10-15)16(19)17-11-13(3)4/h5-7,10,12-13,18H,8-9,11H2,1-4H3,(H,17,19). The van der Waals surface area contributed by atoms with Crippen molar-refractivity contribution in [1.29, 1.82) is 0 Å². The van der Waals surface area contributed by atoms with Crippen molar-refractivity contribution in [2.75, 3.05) is 13.1 Å². The molecule has 0 unspecified atom stereocenters. The van der Waals surface area contributed by atoms with Gasteiger partial charge in [0.05, 0.1) is 4.90 Å². The predicted octanol–water partition coefficient (Wildman–Crippen LogP) is 2.40. The fourth-order valence-electron chi connectivity index (χ4n) is 1.77. The average molecular weight is 326 g/mol. The van der Waals surface area contributed by atoms with Gasteiger partial charge in [-0.05, 0) is 36.5 Å². The summed E-state index contributed by atoms with van der Waals surface area (Å²) < 4.78 is 27.0. The quantitative estimate of drug-likeness (QED) is 0.770. The van der Waals surface area contributed by atoms with Crippen LogP contribution in [0.25, 0.3) is 0 Å². The Bertz CT molecular complexity index is 595. The van der Waals surface area contributed by atoms with E-state index in [9.17, 15) is 13.2 Å². The van der Waals surface area contributed by atoms with Crippen molar-refractivity contribution in [2.24, 2.45) is 11.8 Å². The van der Waals surface area contributed by atoms with E-state index in [-0.39, 0.29) is 10.8 Å². The molecule has 1 aromatic carbocycles. The summed E-state index contributed by atoms with van der Waals surface area (Å²) >= 11 is 0. The highest BCUT2D eigenvalue weighted by Gasteiger charge is 2.16. The van der Waals surface area contributed by atoms with Crippen molar-refractivity contribution in [3.63, 3.8) is 0 Å². The van der Waals surface area contributed by atoms with Crippen molar-refractivity contribution in [3.05, 3.63) is 29.8 Å². The molecule has 124 valence electrons. The topological polar surface area (TPSA) is 75.3 Å². The zero-order valence-corrected chi connectivity index (χ0v) is 14.5. The van der Waals surface area contributed by atoms with Crippen LogP contribution < -0.4 is 10.0 Å². The number of sulfonamides is 1. The van der Waals surface area contributed by atoms with Gasteiger partial charge in [0.25, 0.3) is 5.91 Å². The minimum atomic E-state index is -3.57. The molecule has 0 aromatic heterocycles. The lowest BCUT2D eigenvalue weighted by Crippen LogP contribution is -2.28. The number of benzene rings is 1. The third kappa shape index (κ3) is 6.15. The molecule has 1 aromatic rings. The Labute approximate surface area is 133 Å². The number of carbonyl (C=O) groups excluding carboxylic acids is 1. The molecule has 22 heavy (non-hydrogen) atoms. The first-order valence-corrected chi connectivity index (χ1v) is 9.08. The van der Waals surface area contributed by atoms with Gasteiger partial charge in [-0.3, -0.25) is 4.79 Å². The molecule has 6 heteroatoms. The van der Waals surface area contributed by atoms with Gasteiger partial charge in [0.15, 0.2) is 0 Å². The summed E-state index contributed by atoms with van der Waals surface area (Å²) in [7, 11) is -3.57. The molecule has 0 fully saturated rings. The molecule has 0 heterocycles. The molecule has 0 saturated heterocycles. The molecular formula is C16H26N2O3S. The van der Waals surface area contributed by atoms with Crippen molar-refractivity contribution in [2.45, 2.75) is 39.0 Å². The highest BCUT2D eigenvalue weighted by molar-refractivity contribution is 7.89. The van der Waals surface area contributed by atoms with Crippen LogP contribution in [0.5, 0.6) is 0 Å². The van der Waals surface area contributed by atoms with E-state index in [2.05, 4.69) is 10.0 Å². The second-order valence-corrected chi connectivity index (χ2v) is 7.98. The van der Waals surface area contributed by atoms with Gasteiger partial charge in [-0.1, -0.05) is 33.8 Å². The van der Waals surface area contributed by atoms with Gasteiger partial charge in [-0.25, -0.2) is 13.1 Å². The normalized spacial score (nSPS) is 11.9. The van der Waals surface area contributed by atoms with E-state index in [1.165, 1.54) is 12.1 Å². The van der Waals surface area contributed by atoms with Crippen LogP contribution in [0.15, 0.2) is 29.2 Å². The summed E-state index contributed by atoms with van der Waals surface area (Å²) in [4.78, 5) is 12.1. The highest BCUT2D eigenvalue weighted by atomic mass is 32.2. The lowest BCUT2D eigenvalue weighted by Gasteiger charge is -2.10. The Morgan fingerprint density at radius 2 is 1.82 bits per heavy atom. The van der Waals surface area contributed by atoms with Gasteiger partial charge in [0, 0.05) is 18.7 Å². The second-order valence-electron chi connectivity index (χ2n) is 6.21. The summed E-state index contributed by atoms with van der Waals surface area (Å²) in [5.74, 6) is 0.511. The average Bonchev–Trinajstić information content (AvgIpc) is 2.44. The SMILES string of the molecule is CC(C)CCNS(=O)(=O)c1cccc(C(=O)NCC(C)C)c1. The summed E-state index contributed by atoms with van der Waals surface area (Å²) in [6, 6.07) is 6.11. The number of nitrogens with one attached hydrogen (secondary N) is 2. The van der Waals surface area contributed by atoms with Crippen LogP contribution in [0.4, 0.5) is 0 Å². The van der Waals surface area contributed by atoms with E-state index >= 15 is 0 Å². The smallest absolute Gasteiger partial charge is 0.251 e. The van der Waals surface area contributed by atoms with E-state index in [0.29, 0.717) is 30.5 Å². The number of rotatable bonds is 8. The molecule has 1 rings (SSSR count). The van der Waals surface area contributed by atoms with Crippen molar-refractivity contribution in [1.82, 2.24) is 10.0 Å². The lowest BCUT2D eigenvalue weighted by molar-refractivity contribution is 0.0949. The molecule has 2 N–H and O–H groups in total. The predicted molar refractivity (Wildman–Crippen MR) is 88.3 cm³/mol.